The van der Waals surface area contributed by atoms with Crippen molar-refractivity contribution in [2.45, 2.75) is 415 Å². The van der Waals surface area contributed by atoms with E-state index < -0.39 is 0 Å². The summed E-state index contributed by atoms with van der Waals surface area (Å²) in [6.07, 6.45) is 81.0. The summed E-state index contributed by atoms with van der Waals surface area (Å²) in [6, 6.07) is 35.1. The number of aromatic nitrogens is 24. The summed E-state index contributed by atoms with van der Waals surface area (Å²) in [6.45, 7) is 18.3. The van der Waals surface area contributed by atoms with E-state index in [0.717, 1.165) is 289 Å². The van der Waals surface area contributed by atoms with Gasteiger partial charge in [0.15, 0.2) is 0 Å². The summed E-state index contributed by atoms with van der Waals surface area (Å²) < 4.78 is 16.3. The molecule has 0 aliphatic carbocycles. The van der Waals surface area contributed by atoms with Crippen molar-refractivity contribution in [2.75, 3.05) is 0 Å². The van der Waals surface area contributed by atoms with Crippen LogP contribution in [0.15, 0.2) is 147 Å². The number of hydrogen-bond donors (Lipinski definition) is 0. The predicted molar refractivity (Wildman–Crippen MR) is 588 cm³/mol. The van der Waals surface area contributed by atoms with E-state index in [1.54, 1.807) is 0 Å². The topological polar surface area (TPSA) is 248 Å². The van der Waals surface area contributed by atoms with E-state index in [1.165, 1.54) is 205 Å². The zero-order chi connectivity index (χ0) is 99.0. The van der Waals surface area contributed by atoms with Crippen LogP contribution in [0.3, 0.4) is 0 Å². The summed E-state index contributed by atoms with van der Waals surface area (Å²) in [5, 5.41) is 46.8. The number of fused-ring (bicyclic) bond motifs is 20. The van der Waals surface area contributed by atoms with E-state index in [1.807, 2.05) is 37.5 Å². The van der Waals surface area contributed by atoms with E-state index in [4.69, 9.17) is 80.7 Å². The Labute approximate surface area is 871 Å². The van der Waals surface area contributed by atoms with E-state index in [-0.39, 0.29) is 16.8 Å². The van der Waals surface area contributed by atoms with Crippen LogP contribution in [0.4, 0.5) is 0 Å². The number of aryl methyl sites for hydroxylation is 8. The van der Waals surface area contributed by atoms with Gasteiger partial charge in [-0.25, -0.2) is 47.4 Å². The average Bonchev–Trinajstić information content (AvgIpc) is 1.58. The van der Waals surface area contributed by atoms with Gasteiger partial charge >= 0.3 is 16.8 Å². The van der Waals surface area contributed by atoms with Crippen LogP contribution in [0, 0.1) is 0 Å². The largest absolute Gasteiger partial charge is 2.00 e. The van der Waals surface area contributed by atoms with Gasteiger partial charge in [-0.3, -0.25) is 0 Å². The summed E-state index contributed by atoms with van der Waals surface area (Å²) in [4.78, 5) is 46.8. The third-order valence-corrected chi connectivity index (χ3v) is 29.5. The van der Waals surface area contributed by atoms with Gasteiger partial charge in [0.2, 0.25) is 0 Å². The zero-order valence-electron chi connectivity index (χ0n) is 88.5. The molecule has 0 unspecified atom stereocenters. The maximum Gasteiger partial charge on any atom is 2.00 e. The normalized spacial score (nSPS) is 12.0. The van der Waals surface area contributed by atoms with Crippen LogP contribution in [0.2, 0.25) is 0 Å². The molecule has 0 amide bonds. The first-order valence-electron chi connectivity index (χ1n) is 56.9. The zero-order valence-corrected chi connectivity index (χ0v) is 89.6. The third-order valence-electron chi connectivity index (χ3n) is 29.5. The molecule has 769 valence electrons. The smallest absolute Gasteiger partial charge is 0.357 e. The Balaban J connectivity index is 0.0000151. The molecule has 15 aromatic rings. The van der Waals surface area contributed by atoms with Crippen molar-refractivity contribution in [3.8, 4) is 91.1 Å². The van der Waals surface area contributed by atoms with Crippen molar-refractivity contribution in [3.05, 3.63) is 192 Å². The molecule has 13 heterocycles. The molecule has 0 saturated carbocycles. The van der Waals surface area contributed by atoms with Crippen LogP contribution in [-0.4, -0.2) is 108 Å². The fraction of sp³-hybridized carbons (Fsp3) is 0.533. The first kappa shape index (κ1) is 106. The van der Waals surface area contributed by atoms with Gasteiger partial charge in [-0.2, -0.15) is 40.8 Å². The van der Waals surface area contributed by atoms with Gasteiger partial charge in [-0.05, 0) is 221 Å². The Morgan fingerprint density at radius 3 is 0.462 bits per heavy atom. The summed E-state index contributed by atoms with van der Waals surface area (Å²) >= 11 is 0. The molecule has 0 fully saturated rings. The molecule has 0 N–H and O–H groups in total. The van der Waals surface area contributed by atoms with Crippen molar-refractivity contribution in [2.24, 2.45) is 0 Å². The minimum Gasteiger partial charge on any atom is -0.357 e. The molecule has 2 aliphatic rings. The summed E-state index contributed by atoms with van der Waals surface area (Å²) in [5.41, 5.74) is 19.4. The first-order chi connectivity index (χ1) is 71.1. The van der Waals surface area contributed by atoms with Crippen molar-refractivity contribution in [1.29, 1.82) is 0 Å². The fourth-order valence-corrected chi connectivity index (χ4v) is 20.9. The number of hydrogen-bond acceptors (Lipinski definition) is 14. The molecular weight excluding hydrogens is 1840 g/mol. The second kappa shape index (κ2) is 54.7. The first-order valence-corrected chi connectivity index (χ1v) is 56.9. The molecule has 25 heteroatoms. The maximum absolute atomic E-state index is 5.91. The molecule has 0 atom stereocenters. The summed E-state index contributed by atoms with van der Waals surface area (Å²) in [5.74, 6) is 1.63. The number of nitrogens with zero attached hydrogens (tertiary/aromatic N) is 24. The standard InChI is InChI=1S/C120H160N24.Co/c1-9-17-25-33-41-49-57-89-65-73-137(129-89)105-81-97-98(82-106(105)138-74-66-90(130-138)58-50-42-34-26-18-10-2)114-121-113(97)125-115-99-83-107(139-75-67-91(131-139)59-51-43-35-27-19-11-3)108(140-76-68-92(132-140)60-52-44-36-28-20-12-4)84-100(99)117(122-115)127-119-103-87-111(143-79-71-95(135-143)63-55-47-39-31-23-15-7)112(144-80-72-96(136-144)64-56-48-40-32-24-16-8)88-104(103)120(124-119)128-118-102-86-110(142-78-70-94(134-142)62-54-46-38-30-22-14-6)109(85-101(102)116(123-118)126-114)141-77-69-93(133-141)61-53-45-37-29-21-13-5;/h65-88H,9-64H2,1-8H3;/q-2;+2. The molecule has 4 aromatic carbocycles. The Bertz CT molecular complexity index is 5960. The molecular formula is C120H160CoN24. The second-order valence-corrected chi connectivity index (χ2v) is 41.2. The maximum atomic E-state index is 5.91. The second-order valence-electron chi connectivity index (χ2n) is 41.2. The van der Waals surface area contributed by atoms with Crippen molar-refractivity contribution < 1.29 is 16.8 Å². The van der Waals surface area contributed by atoms with Gasteiger partial charge in [0, 0.05) is 94.4 Å². The monoisotopic (exact) mass is 2000 g/mol. The van der Waals surface area contributed by atoms with Crippen molar-refractivity contribution in [1.82, 2.24) is 118 Å². The van der Waals surface area contributed by atoms with Gasteiger partial charge in [0.05, 0.1) is 114 Å². The number of benzene rings is 4. The quantitative estimate of drug-likeness (QED) is 0.0321. The van der Waals surface area contributed by atoms with Gasteiger partial charge in [-0.15, -0.1) is 0 Å². The predicted octanol–water partition coefficient (Wildman–Crippen LogP) is 30.8. The SMILES string of the molecule is CCCCCCCCc1ccn(-c2cc3c(cc2-n2ccc(CCCCCCCC)n2)-c2nc-3nc3[n-]c(nc4nc(nc5[n-]c(n2)c2cc(-n6ccc(CCCCCCCC)n6)c(-n6ccc(CCCCCCCC)n6)cc52)-c2cc(-n5ccc(CCCCCCCC)n5)c(-n5ccc(CCCCCCCC)n5)cc2-4)c2cc(-n4ccc(CCCCCCCC)n4)c(-n4ccc(CCCCCCCC)n4)cc32)n1.[Co+2]. The van der Waals surface area contributed by atoms with Gasteiger partial charge in [-0.1, -0.05) is 312 Å². The van der Waals surface area contributed by atoms with Gasteiger partial charge in [0.1, 0.15) is 0 Å². The molecule has 24 nitrogen and oxygen atoms in total. The van der Waals surface area contributed by atoms with E-state index >= 15 is 0 Å². The van der Waals surface area contributed by atoms with Crippen LogP contribution in [0.5, 0.6) is 0 Å². The fourth-order valence-electron chi connectivity index (χ4n) is 20.9. The Kier molecular flexibility index (Phi) is 40.1. The molecule has 1 radical (unpaired) electrons. The molecule has 0 spiro atoms. The molecule has 145 heavy (non-hydrogen) atoms. The van der Waals surface area contributed by atoms with E-state index in [9.17, 15) is 0 Å². The Hall–Kier alpha value is -11.6. The molecule has 11 aromatic heterocycles. The van der Waals surface area contributed by atoms with Crippen LogP contribution >= 0.6 is 0 Å². The van der Waals surface area contributed by atoms with E-state index in [2.05, 4.69) is 202 Å². The van der Waals surface area contributed by atoms with Crippen LogP contribution in [-0.2, 0) is 68.1 Å². The Morgan fingerprint density at radius 1 is 0.172 bits per heavy atom. The van der Waals surface area contributed by atoms with Crippen LogP contribution in [0.25, 0.3) is 135 Å². The van der Waals surface area contributed by atoms with Gasteiger partial charge < -0.3 is 29.9 Å². The van der Waals surface area contributed by atoms with Crippen molar-refractivity contribution in [3.63, 3.8) is 0 Å². The summed E-state index contributed by atoms with van der Waals surface area (Å²) in [7, 11) is 0. The van der Waals surface area contributed by atoms with E-state index in [0.29, 0.717) is 45.9 Å². The molecule has 17 rings (SSSR count). The molecule has 8 bridgehead atoms. The third kappa shape index (κ3) is 27.8. The molecule has 2 aliphatic heterocycles. The van der Waals surface area contributed by atoms with Gasteiger partial charge in [0.25, 0.3) is 0 Å². The number of unbranched alkanes of at least 4 members (excludes halogenated alkanes) is 40. The average molecular weight is 2000 g/mol. The Morgan fingerprint density at radius 2 is 0.310 bits per heavy atom. The minimum atomic E-state index is 0. The van der Waals surface area contributed by atoms with Crippen LogP contribution in [0.1, 0.15) is 409 Å². The van der Waals surface area contributed by atoms with Crippen molar-refractivity contribution >= 4 is 44.1 Å². The van der Waals surface area contributed by atoms with Crippen LogP contribution < -0.4 is 9.97 Å². The number of rotatable bonds is 64. The molecule has 0 saturated heterocycles. The minimum absolute atomic E-state index is 0.